The molecule has 38 heavy (non-hydrogen) atoms. The number of ether oxygens (including phenoxy) is 2. The molecule has 0 fully saturated rings. The second-order valence-electron chi connectivity index (χ2n) is 8.64. The first-order chi connectivity index (χ1) is 18.1. The number of carbonyl (C=O) groups excluding carboxylic acids is 1. The summed E-state index contributed by atoms with van der Waals surface area (Å²) in [5.41, 5.74) is 3.47. The number of hydrogen-bond donors (Lipinski definition) is 1. The van der Waals surface area contributed by atoms with Crippen LogP contribution < -0.4 is 14.8 Å². The molecule has 1 N–H and O–H groups in total. The Labute approximate surface area is 222 Å². The molecule has 0 bridgehead atoms. The third-order valence-electron chi connectivity index (χ3n) is 6.21. The van der Waals surface area contributed by atoms with E-state index in [1.807, 2.05) is 19.9 Å². The average Bonchev–Trinajstić information content (AvgIpc) is 3.29. The van der Waals surface area contributed by atoms with Crippen LogP contribution in [0.25, 0.3) is 16.8 Å². The standard InChI is InChI=1S/C27H31N5O5S/c1-7-31(8-2)38(34,35)23-15-19(12-13-22(23)37-6)24-25(30-32-18(4)14-17(3)28-26(24)32)27(33)29-20-10-9-11-21(16-20)36-5/h9-16H,7-8H2,1-6H3,(H,29,33). The van der Waals surface area contributed by atoms with Crippen LogP contribution in [0.4, 0.5) is 5.69 Å². The van der Waals surface area contributed by atoms with Gasteiger partial charge in [-0.3, -0.25) is 4.79 Å². The zero-order chi connectivity index (χ0) is 27.6. The number of amides is 1. The van der Waals surface area contributed by atoms with Gasteiger partial charge < -0.3 is 14.8 Å². The molecule has 0 aliphatic heterocycles. The van der Waals surface area contributed by atoms with Crippen molar-refractivity contribution in [3.63, 3.8) is 0 Å². The molecule has 2 heterocycles. The Morgan fingerprint density at radius 3 is 2.42 bits per heavy atom. The molecule has 0 spiro atoms. The van der Waals surface area contributed by atoms with Gasteiger partial charge in [-0.1, -0.05) is 26.0 Å². The van der Waals surface area contributed by atoms with Crippen LogP contribution in [-0.2, 0) is 10.0 Å². The number of aryl methyl sites for hydroxylation is 2. The molecule has 4 aromatic rings. The second-order valence-corrected chi connectivity index (χ2v) is 10.5. The van der Waals surface area contributed by atoms with Crippen molar-refractivity contribution >= 4 is 27.3 Å². The fraction of sp³-hybridized carbons (Fsp3) is 0.296. The third kappa shape index (κ3) is 4.94. The smallest absolute Gasteiger partial charge is 0.276 e. The van der Waals surface area contributed by atoms with E-state index < -0.39 is 15.9 Å². The molecule has 2 aromatic heterocycles. The van der Waals surface area contributed by atoms with Crippen LogP contribution in [0.15, 0.2) is 53.4 Å². The quantitative estimate of drug-likeness (QED) is 0.338. The van der Waals surface area contributed by atoms with E-state index in [9.17, 15) is 13.2 Å². The van der Waals surface area contributed by atoms with Crippen molar-refractivity contribution in [3.05, 3.63) is 65.6 Å². The molecule has 4 rings (SSSR count). The van der Waals surface area contributed by atoms with E-state index in [-0.39, 0.29) is 16.3 Å². The summed E-state index contributed by atoms with van der Waals surface area (Å²) in [6, 6.07) is 13.7. The molecular weight excluding hydrogens is 506 g/mol. The molecule has 0 unspecified atom stereocenters. The average molecular weight is 538 g/mol. The lowest BCUT2D eigenvalue weighted by atomic mass is 10.0. The summed E-state index contributed by atoms with van der Waals surface area (Å²) in [6.07, 6.45) is 0. The molecule has 0 radical (unpaired) electrons. The number of aromatic nitrogens is 3. The number of hydrogen-bond acceptors (Lipinski definition) is 7. The topological polar surface area (TPSA) is 115 Å². The molecule has 0 aliphatic rings. The fourth-order valence-corrected chi connectivity index (χ4v) is 6.01. The van der Waals surface area contributed by atoms with Crippen LogP contribution in [-0.4, -0.2) is 60.5 Å². The van der Waals surface area contributed by atoms with E-state index in [1.54, 1.807) is 61.9 Å². The van der Waals surface area contributed by atoms with Crippen LogP contribution >= 0.6 is 0 Å². The van der Waals surface area contributed by atoms with Crippen LogP contribution in [0, 0.1) is 13.8 Å². The normalized spacial score (nSPS) is 11.7. The summed E-state index contributed by atoms with van der Waals surface area (Å²) in [6.45, 7) is 7.88. The molecule has 1 amide bonds. The molecule has 200 valence electrons. The van der Waals surface area contributed by atoms with Gasteiger partial charge in [-0.25, -0.2) is 17.9 Å². The number of benzene rings is 2. The van der Waals surface area contributed by atoms with Crippen LogP contribution in [0.3, 0.4) is 0 Å². The Morgan fingerprint density at radius 1 is 1.03 bits per heavy atom. The maximum atomic E-state index is 13.6. The molecule has 0 aliphatic carbocycles. The van der Waals surface area contributed by atoms with Gasteiger partial charge in [0.1, 0.15) is 16.4 Å². The molecule has 2 aromatic carbocycles. The van der Waals surface area contributed by atoms with E-state index in [2.05, 4.69) is 15.4 Å². The molecule has 11 heteroatoms. The van der Waals surface area contributed by atoms with Gasteiger partial charge in [0.2, 0.25) is 10.0 Å². The highest BCUT2D eigenvalue weighted by Gasteiger charge is 2.29. The van der Waals surface area contributed by atoms with Crippen molar-refractivity contribution in [1.29, 1.82) is 0 Å². The first kappa shape index (κ1) is 27.1. The zero-order valence-corrected chi connectivity index (χ0v) is 23.1. The SMILES string of the molecule is CCN(CC)S(=O)(=O)c1cc(-c2c(C(=O)Nc3cccc(OC)c3)nn3c(C)cc(C)nc23)ccc1OC. The summed E-state index contributed by atoms with van der Waals surface area (Å²) in [5, 5.41) is 7.46. The van der Waals surface area contributed by atoms with Gasteiger partial charge >= 0.3 is 0 Å². The second kappa shape index (κ2) is 10.8. The van der Waals surface area contributed by atoms with Gasteiger partial charge in [0.25, 0.3) is 5.91 Å². The Morgan fingerprint density at radius 2 is 1.76 bits per heavy atom. The fourth-order valence-electron chi connectivity index (χ4n) is 4.37. The van der Waals surface area contributed by atoms with Crippen LogP contribution in [0.2, 0.25) is 0 Å². The van der Waals surface area contributed by atoms with Crippen molar-refractivity contribution in [2.75, 3.05) is 32.6 Å². The third-order valence-corrected chi connectivity index (χ3v) is 8.28. The minimum atomic E-state index is -3.87. The summed E-state index contributed by atoms with van der Waals surface area (Å²) < 4.78 is 40.6. The summed E-state index contributed by atoms with van der Waals surface area (Å²) in [7, 11) is -0.900. The highest BCUT2D eigenvalue weighted by Crippen LogP contribution is 2.35. The molecule has 0 saturated carbocycles. The van der Waals surface area contributed by atoms with Crippen molar-refractivity contribution in [1.82, 2.24) is 18.9 Å². The largest absolute Gasteiger partial charge is 0.497 e. The van der Waals surface area contributed by atoms with Gasteiger partial charge in [-0.2, -0.15) is 9.40 Å². The Balaban J connectivity index is 1.94. The summed E-state index contributed by atoms with van der Waals surface area (Å²) in [5.74, 6) is 0.326. The Hall–Kier alpha value is -3.96. The Kier molecular flexibility index (Phi) is 7.70. The first-order valence-electron chi connectivity index (χ1n) is 12.2. The number of nitrogens with one attached hydrogen (secondary N) is 1. The van der Waals surface area contributed by atoms with Gasteiger partial charge in [0, 0.05) is 36.2 Å². The van der Waals surface area contributed by atoms with Crippen molar-refractivity contribution in [3.8, 4) is 22.6 Å². The molecular formula is C27H31N5O5S. The predicted octanol–water partition coefficient (Wildman–Crippen LogP) is 4.31. The molecule has 0 saturated heterocycles. The number of rotatable bonds is 9. The van der Waals surface area contributed by atoms with Gasteiger partial charge in [-0.05, 0) is 49.7 Å². The van der Waals surface area contributed by atoms with E-state index in [0.717, 1.165) is 11.4 Å². The predicted molar refractivity (Wildman–Crippen MR) is 146 cm³/mol. The minimum Gasteiger partial charge on any atom is -0.497 e. The zero-order valence-electron chi connectivity index (χ0n) is 22.3. The van der Waals surface area contributed by atoms with E-state index in [0.29, 0.717) is 41.3 Å². The lowest BCUT2D eigenvalue weighted by molar-refractivity contribution is 0.102. The maximum Gasteiger partial charge on any atom is 0.276 e. The number of carbonyl (C=O) groups is 1. The Bertz CT molecular complexity index is 1610. The van der Waals surface area contributed by atoms with E-state index >= 15 is 0 Å². The molecule has 0 atom stereocenters. The minimum absolute atomic E-state index is 0.00378. The monoisotopic (exact) mass is 537 g/mol. The van der Waals surface area contributed by atoms with Crippen LogP contribution in [0.1, 0.15) is 35.7 Å². The number of fused-ring (bicyclic) bond motifs is 1. The van der Waals surface area contributed by atoms with Gasteiger partial charge in [0.15, 0.2) is 11.3 Å². The van der Waals surface area contributed by atoms with Gasteiger partial charge in [0.05, 0.1) is 19.8 Å². The lowest BCUT2D eigenvalue weighted by Crippen LogP contribution is -2.30. The van der Waals surface area contributed by atoms with E-state index in [1.165, 1.54) is 17.5 Å². The maximum absolute atomic E-state index is 13.6. The number of sulfonamides is 1. The lowest BCUT2D eigenvalue weighted by Gasteiger charge is -2.20. The van der Waals surface area contributed by atoms with Crippen molar-refractivity contribution in [2.24, 2.45) is 0 Å². The number of nitrogens with zero attached hydrogens (tertiary/aromatic N) is 4. The first-order valence-corrected chi connectivity index (χ1v) is 13.6. The highest BCUT2D eigenvalue weighted by atomic mass is 32.2. The number of anilines is 1. The molecule has 10 nitrogen and oxygen atoms in total. The number of methoxy groups -OCH3 is 2. The highest BCUT2D eigenvalue weighted by molar-refractivity contribution is 7.89. The van der Waals surface area contributed by atoms with Crippen molar-refractivity contribution in [2.45, 2.75) is 32.6 Å². The van der Waals surface area contributed by atoms with Crippen LogP contribution in [0.5, 0.6) is 11.5 Å². The van der Waals surface area contributed by atoms with Crippen molar-refractivity contribution < 1.29 is 22.7 Å². The van der Waals surface area contributed by atoms with Gasteiger partial charge in [-0.15, -0.1) is 0 Å². The van der Waals surface area contributed by atoms with E-state index in [4.69, 9.17) is 9.47 Å². The summed E-state index contributed by atoms with van der Waals surface area (Å²) in [4.78, 5) is 18.2. The summed E-state index contributed by atoms with van der Waals surface area (Å²) >= 11 is 0.